The molecule has 0 spiro atoms. The Bertz CT molecular complexity index is 874. The first kappa shape index (κ1) is 19.9. The van der Waals surface area contributed by atoms with E-state index < -0.39 is 0 Å². The molecule has 4 nitrogen and oxygen atoms in total. The molecule has 0 N–H and O–H groups in total. The molecule has 3 saturated carbocycles. The van der Waals surface area contributed by atoms with E-state index in [1.807, 2.05) is 31.3 Å². The zero-order valence-electron chi connectivity index (χ0n) is 18.6. The average Bonchev–Trinajstić information content (AvgIpc) is 3.08. The summed E-state index contributed by atoms with van der Waals surface area (Å²) >= 11 is 0. The van der Waals surface area contributed by atoms with E-state index in [0.717, 1.165) is 49.2 Å². The van der Waals surface area contributed by atoms with Gasteiger partial charge in [-0.05, 0) is 92.4 Å². The fourth-order valence-corrected chi connectivity index (χ4v) is 8.07. The number of piperidine rings is 1. The molecule has 0 radical (unpaired) electrons. The summed E-state index contributed by atoms with van der Waals surface area (Å²) in [6, 6.07) is 10.2. The lowest BCUT2D eigenvalue weighted by atomic mass is 9.47. The molecule has 160 valence electrons. The average molecular weight is 407 g/mol. The quantitative estimate of drug-likeness (QED) is 0.681. The normalized spacial score (nSPS) is 42.7. The number of nitrogens with zero attached hydrogens (tertiary/aromatic N) is 2. The van der Waals surface area contributed by atoms with Crippen LogP contribution in [0.1, 0.15) is 70.8 Å². The highest BCUT2D eigenvalue weighted by Crippen LogP contribution is 2.65. The van der Waals surface area contributed by atoms with Gasteiger partial charge in [-0.2, -0.15) is 5.26 Å². The second-order valence-electron chi connectivity index (χ2n) is 10.8. The Kier molecular flexibility index (Phi) is 4.65. The highest BCUT2D eigenvalue weighted by atomic mass is 16.5. The number of ether oxygens (including phenoxy) is 1. The first-order chi connectivity index (χ1) is 14.4. The van der Waals surface area contributed by atoms with Crippen molar-refractivity contribution in [2.24, 2.45) is 28.6 Å². The minimum Gasteiger partial charge on any atom is -0.490 e. The highest BCUT2D eigenvalue weighted by Gasteiger charge is 2.61. The lowest BCUT2D eigenvalue weighted by Gasteiger charge is -2.61. The summed E-state index contributed by atoms with van der Waals surface area (Å²) in [7, 11) is 2.04. The number of hydrogen-bond donors (Lipinski definition) is 0. The SMILES string of the molecule is CN1C(=O)CC[C@]2(C)[C@H]3CC[C@]4(C)[C@H](Oc5ccc(C#N)cc5)CC[C@H]4[C@@H]3CC[C@@H]12. The first-order valence-electron chi connectivity index (χ1n) is 11.8. The Labute approximate surface area is 180 Å². The van der Waals surface area contributed by atoms with Gasteiger partial charge in [0.1, 0.15) is 11.9 Å². The van der Waals surface area contributed by atoms with Crippen molar-refractivity contribution in [1.82, 2.24) is 4.90 Å². The van der Waals surface area contributed by atoms with E-state index in [-0.39, 0.29) is 16.9 Å². The Morgan fingerprint density at radius 1 is 1.00 bits per heavy atom. The van der Waals surface area contributed by atoms with Gasteiger partial charge >= 0.3 is 0 Å². The number of nitriles is 1. The van der Waals surface area contributed by atoms with Gasteiger partial charge in [0.05, 0.1) is 11.6 Å². The standard InChI is InChI=1S/C26H34N2O2/c1-25-15-13-24(29)28(3)22(25)10-8-19-20-9-11-23(26(20,2)14-12-21(19)25)30-18-6-4-17(16-27)5-7-18/h4-7,19-23H,8-15H2,1-3H3/t19-,20-,21-,22+,23+,25+,26-/m0/s1. The monoisotopic (exact) mass is 406 g/mol. The maximum Gasteiger partial charge on any atom is 0.222 e. The number of likely N-dealkylation sites (tertiary alicyclic amines) is 1. The molecule has 4 heteroatoms. The minimum atomic E-state index is 0.231. The molecule has 1 aromatic carbocycles. The molecule has 0 aromatic heterocycles. The van der Waals surface area contributed by atoms with Crippen molar-refractivity contribution in [3.05, 3.63) is 29.8 Å². The smallest absolute Gasteiger partial charge is 0.222 e. The Morgan fingerprint density at radius 3 is 2.47 bits per heavy atom. The molecule has 1 heterocycles. The second-order valence-corrected chi connectivity index (χ2v) is 10.8. The van der Waals surface area contributed by atoms with Gasteiger partial charge in [-0.15, -0.1) is 0 Å². The third-order valence-corrected chi connectivity index (χ3v) is 9.73. The van der Waals surface area contributed by atoms with Crippen LogP contribution in [0.4, 0.5) is 0 Å². The number of benzene rings is 1. The Morgan fingerprint density at radius 2 is 1.73 bits per heavy atom. The van der Waals surface area contributed by atoms with Gasteiger partial charge in [0, 0.05) is 24.9 Å². The number of carbonyl (C=O) groups excluding carboxylic acids is 1. The molecular weight excluding hydrogens is 372 g/mol. The van der Waals surface area contributed by atoms with Crippen LogP contribution in [-0.2, 0) is 4.79 Å². The van der Waals surface area contributed by atoms with Gasteiger partial charge in [0.15, 0.2) is 0 Å². The molecule has 1 aromatic rings. The van der Waals surface area contributed by atoms with Crippen molar-refractivity contribution in [2.45, 2.75) is 77.4 Å². The molecule has 1 amide bonds. The van der Waals surface area contributed by atoms with E-state index in [0.29, 0.717) is 17.5 Å². The van der Waals surface area contributed by atoms with Crippen LogP contribution in [0.3, 0.4) is 0 Å². The number of hydrogen-bond acceptors (Lipinski definition) is 3. The van der Waals surface area contributed by atoms with Crippen molar-refractivity contribution in [1.29, 1.82) is 5.26 Å². The topological polar surface area (TPSA) is 53.3 Å². The van der Waals surface area contributed by atoms with E-state index in [9.17, 15) is 4.79 Å². The largest absolute Gasteiger partial charge is 0.490 e. The Hall–Kier alpha value is -2.02. The van der Waals surface area contributed by atoms with E-state index in [2.05, 4.69) is 24.8 Å². The van der Waals surface area contributed by atoms with Crippen molar-refractivity contribution in [3.8, 4) is 11.8 Å². The molecule has 1 saturated heterocycles. The number of rotatable bonds is 2. The maximum atomic E-state index is 12.3. The molecule has 5 rings (SSSR count). The van der Waals surface area contributed by atoms with Gasteiger partial charge < -0.3 is 9.64 Å². The van der Waals surface area contributed by atoms with Crippen molar-refractivity contribution >= 4 is 5.91 Å². The van der Waals surface area contributed by atoms with E-state index in [4.69, 9.17) is 10.00 Å². The summed E-state index contributed by atoms with van der Waals surface area (Å²) in [5.74, 6) is 3.46. The molecule has 1 aliphatic heterocycles. The van der Waals surface area contributed by atoms with Crippen LogP contribution in [0.2, 0.25) is 0 Å². The third-order valence-electron chi connectivity index (χ3n) is 9.73. The minimum absolute atomic E-state index is 0.231. The molecule has 0 bridgehead atoms. The van der Waals surface area contributed by atoms with E-state index in [1.165, 1.54) is 25.7 Å². The van der Waals surface area contributed by atoms with Gasteiger partial charge in [-0.3, -0.25) is 4.79 Å². The summed E-state index contributed by atoms with van der Waals surface area (Å²) in [5, 5.41) is 9.04. The van der Waals surface area contributed by atoms with Crippen molar-refractivity contribution in [2.75, 3.05) is 7.05 Å². The molecule has 7 atom stereocenters. The Balaban J connectivity index is 1.36. The lowest BCUT2D eigenvalue weighted by Crippen LogP contribution is -2.61. The summed E-state index contributed by atoms with van der Waals surface area (Å²) < 4.78 is 6.53. The molecule has 4 aliphatic rings. The van der Waals surface area contributed by atoms with Crippen LogP contribution >= 0.6 is 0 Å². The second kappa shape index (κ2) is 7.01. The van der Waals surface area contributed by atoms with E-state index >= 15 is 0 Å². The summed E-state index contributed by atoms with van der Waals surface area (Å²) in [4.78, 5) is 14.4. The highest BCUT2D eigenvalue weighted by molar-refractivity contribution is 5.77. The summed E-state index contributed by atoms with van der Waals surface area (Å²) in [5.41, 5.74) is 1.19. The van der Waals surface area contributed by atoms with Gasteiger partial charge in [0.25, 0.3) is 0 Å². The predicted molar refractivity (Wildman–Crippen MR) is 116 cm³/mol. The van der Waals surface area contributed by atoms with Crippen molar-refractivity contribution < 1.29 is 9.53 Å². The van der Waals surface area contributed by atoms with E-state index in [1.54, 1.807) is 0 Å². The van der Waals surface area contributed by atoms with Crippen LogP contribution in [-0.4, -0.2) is 30.0 Å². The molecule has 30 heavy (non-hydrogen) atoms. The zero-order valence-corrected chi connectivity index (χ0v) is 18.6. The number of carbonyl (C=O) groups is 1. The van der Waals surface area contributed by atoms with Crippen LogP contribution in [0.15, 0.2) is 24.3 Å². The van der Waals surface area contributed by atoms with Crippen LogP contribution < -0.4 is 4.74 Å². The fourth-order valence-electron chi connectivity index (χ4n) is 8.07. The first-order valence-corrected chi connectivity index (χ1v) is 11.8. The predicted octanol–water partition coefficient (Wildman–Crippen LogP) is 5.17. The van der Waals surface area contributed by atoms with Crippen molar-refractivity contribution in [3.63, 3.8) is 0 Å². The third kappa shape index (κ3) is 2.81. The number of amides is 1. The summed E-state index contributed by atoms with van der Waals surface area (Å²) in [6.07, 6.45) is 9.34. The van der Waals surface area contributed by atoms with Crippen LogP contribution in [0.25, 0.3) is 0 Å². The zero-order chi connectivity index (χ0) is 21.1. The van der Waals surface area contributed by atoms with Crippen LogP contribution in [0, 0.1) is 39.9 Å². The van der Waals surface area contributed by atoms with Gasteiger partial charge in [0.2, 0.25) is 5.91 Å². The van der Waals surface area contributed by atoms with Gasteiger partial charge in [-0.25, -0.2) is 0 Å². The molecule has 3 aliphatic carbocycles. The lowest BCUT2D eigenvalue weighted by molar-refractivity contribution is -0.159. The maximum absolute atomic E-state index is 12.3. The molecule has 0 unspecified atom stereocenters. The molecular formula is C26H34N2O2. The molecule has 4 fully saturated rings. The van der Waals surface area contributed by atoms with Crippen LogP contribution in [0.5, 0.6) is 5.75 Å². The fraction of sp³-hybridized carbons (Fsp3) is 0.692. The number of fused-ring (bicyclic) bond motifs is 5. The van der Waals surface area contributed by atoms with Gasteiger partial charge in [-0.1, -0.05) is 13.8 Å². The summed E-state index contributed by atoms with van der Waals surface area (Å²) in [6.45, 7) is 4.96.